The molecule has 1 aromatic rings. The number of amides is 2. The number of carbonyl (C=O) groups excluding carboxylic acids is 2. The van der Waals surface area contributed by atoms with Crippen LogP contribution < -0.4 is 10.6 Å². The third-order valence-electron chi connectivity index (χ3n) is 4.31. The minimum atomic E-state index is -3.33. The van der Waals surface area contributed by atoms with E-state index in [-0.39, 0.29) is 24.6 Å². The molecule has 132 valence electrons. The Hall–Kier alpha value is -2.03. The first-order valence-electron chi connectivity index (χ1n) is 7.96. The van der Waals surface area contributed by atoms with Crippen molar-refractivity contribution in [3.8, 4) is 0 Å². The number of nitrogens with zero attached hydrogens (tertiary/aromatic N) is 1. The molecule has 0 radical (unpaired) electrons. The Balaban J connectivity index is 1.50. The third kappa shape index (κ3) is 3.72. The van der Waals surface area contributed by atoms with Crippen LogP contribution in [0.3, 0.4) is 0 Å². The fraction of sp³-hybridized carbons (Fsp3) is 0.667. The van der Waals surface area contributed by atoms with E-state index in [1.54, 1.807) is 0 Å². The summed E-state index contributed by atoms with van der Waals surface area (Å²) in [7, 11) is 0. The Morgan fingerprint density at radius 1 is 1.38 bits per heavy atom. The van der Waals surface area contributed by atoms with E-state index in [4.69, 9.17) is 9.15 Å². The van der Waals surface area contributed by atoms with Gasteiger partial charge in [-0.3, -0.25) is 9.59 Å². The molecule has 3 heterocycles. The maximum absolute atomic E-state index is 13.1. The van der Waals surface area contributed by atoms with E-state index >= 15 is 0 Å². The van der Waals surface area contributed by atoms with Crippen LogP contribution in [0.5, 0.6) is 0 Å². The first kappa shape index (κ1) is 16.8. The lowest BCUT2D eigenvalue weighted by atomic mass is 10.0. The van der Waals surface area contributed by atoms with Gasteiger partial charge in [-0.25, -0.2) is 4.98 Å². The van der Waals surface area contributed by atoms with Crippen molar-refractivity contribution in [3.63, 3.8) is 0 Å². The highest BCUT2D eigenvalue weighted by molar-refractivity contribution is 5.92. The Morgan fingerprint density at radius 3 is 2.83 bits per heavy atom. The summed E-state index contributed by atoms with van der Waals surface area (Å²) >= 11 is 0. The molecule has 9 heteroatoms. The number of aromatic nitrogens is 1. The van der Waals surface area contributed by atoms with Gasteiger partial charge >= 0.3 is 5.92 Å². The first-order valence-corrected chi connectivity index (χ1v) is 7.96. The second-order valence-corrected chi connectivity index (χ2v) is 6.08. The van der Waals surface area contributed by atoms with Crippen LogP contribution in [0, 0.1) is 0 Å². The van der Waals surface area contributed by atoms with Crippen LogP contribution in [0.1, 0.15) is 48.0 Å². The number of rotatable bonds is 4. The number of hydrogen-bond acceptors (Lipinski definition) is 5. The van der Waals surface area contributed by atoms with Gasteiger partial charge in [-0.15, -0.1) is 0 Å². The zero-order valence-corrected chi connectivity index (χ0v) is 13.0. The number of piperidine rings is 1. The summed E-state index contributed by atoms with van der Waals surface area (Å²) in [6, 6.07) is -0.511. The minimum Gasteiger partial charge on any atom is -0.448 e. The highest BCUT2D eigenvalue weighted by atomic mass is 19.3. The van der Waals surface area contributed by atoms with Crippen molar-refractivity contribution < 1.29 is 27.5 Å². The summed E-state index contributed by atoms with van der Waals surface area (Å²) in [5, 5.41) is 4.80. The van der Waals surface area contributed by atoms with Crippen molar-refractivity contribution in [1.82, 2.24) is 15.6 Å². The van der Waals surface area contributed by atoms with Crippen LogP contribution in [0.2, 0.25) is 0 Å². The molecule has 1 aromatic heterocycles. The van der Waals surface area contributed by atoms with E-state index in [0.717, 1.165) is 12.8 Å². The molecule has 1 atom stereocenters. The lowest BCUT2D eigenvalue weighted by Gasteiger charge is -2.28. The lowest BCUT2D eigenvalue weighted by molar-refractivity contribution is -0.151. The van der Waals surface area contributed by atoms with Crippen molar-refractivity contribution in [1.29, 1.82) is 0 Å². The summed E-state index contributed by atoms with van der Waals surface area (Å²) in [6.45, 7) is 1.35. The van der Waals surface area contributed by atoms with Crippen LogP contribution in [0.4, 0.5) is 8.78 Å². The van der Waals surface area contributed by atoms with Crippen LogP contribution in [0.25, 0.3) is 0 Å². The number of alkyl halides is 2. The monoisotopic (exact) mass is 343 g/mol. The molecule has 0 saturated carbocycles. The first-order chi connectivity index (χ1) is 11.5. The Morgan fingerprint density at radius 2 is 2.12 bits per heavy atom. The molecule has 2 fully saturated rings. The summed E-state index contributed by atoms with van der Waals surface area (Å²) < 4.78 is 36.8. The molecule has 0 spiro atoms. The lowest BCUT2D eigenvalue weighted by Crippen LogP contribution is -2.54. The highest BCUT2D eigenvalue weighted by Crippen LogP contribution is 2.27. The van der Waals surface area contributed by atoms with Gasteiger partial charge in [0.1, 0.15) is 6.26 Å². The molecular formula is C15H19F2N3O4. The van der Waals surface area contributed by atoms with Gasteiger partial charge in [0, 0.05) is 38.1 Å². The Kier molecular flexibility index (Phi) is 4.79. The van der Waals surface area contributed by atoms with Gasteiger partial charge in [0.05, 0.1) is 0 Å². The number of hydrogen-bond donors (Lipinski definition) is 2. The van der Waals surface area contributed by atoms with E-state index in [1.165, 1.54) is 6.26 Å². The second kappa shape index (κ2) is 6.84. The largest absolute Gasteiger partial charge is 0.448 e. The standard InChI is InChI=1S/C15H19F2N3O4/c16-15(17)4-1-10(19-14(15)22)7-18-12(21)11-8-24-13(20-11)9-2-5-23-6-3-9/h8-10H,1-7H2,(H,18,21)(H,19,22). The molecule has 2 N–H and O–H groups in total. The van der Waals surface area contributed by atoms with Crippen molar-refractivity contribution >= 4 is 11.8 Å². The van der Waals surface area contributed by atoms with E-state index in [2.05, 4.69) is 15.6 Å². The fourth-order valence-electron chi connectivity index (χ4n) is 2.82. The summed E-state index contributed by atoms with van der Waals surface area (Å²) in [5.74, 6) is -4.43. The maximum Gasteiger partial charge on any atom is 0.324 e. The molecule has 2 amide bonds. The average molecular weight is 343 g/mol. The second-order valence-electron chi connectivity index (χ2n) is 6.08. The van der Waals surface area contributed by atoms with Crippen molar-refractivity contribution in [2.45, 2.75) is 43.6 Å². The van der Waals surface area contributed by atoms with Crippen LogP contribution in [0.15, 0.2) is 10.7 Å². The Labute approximate surface area is 137 Å². The van der Waals surface area contributed by atoms with Gasteiger partial charge in [0.25, 0.3) is 11.8 Å². The van der Waals surface area contributed by atoms with Crippen LogP contribution in [-0.4, -0.2) is 48.5 Å². The third-order valence-corrected chi connectivity index (χ3v) is 4.31. The topological polar surface area (TPSA) is 93.5 Å². The van der Waals surface area contributed by atoms with Crippen molar-refractivity contribution in [2.75, 3.05) is 19.8 Å². The summed E-state index contributed by atoms with van der Waals surface area (Å²) in [6.07, 6.45) is 2.46. The molecule has 1 unspecified atom stereocenters. The van der Waals surface area contributed by atoms with E-state index < -0.39 is 30.2 Å². The Bertz CT molecular complexity index is 614. The van der Waals surface area contributed by atoms with Crippen LogP contribution in [-0.2, 0) is 9.53 Å². The molecule has 3 rings (SSSR count). The molecule has 0 bridgehead atoms. The summed E-state index contributed by atoms with van der Waals surface area (Å²) in [5.41, 5.74) is 0.143. The molecule has 2 aliphatic rings. The normalized spacial score (nSPS) is 24.4. The number of halogens is 2. The van der Waals surface area contributed by atoms with E-state index in [1.807, 2.05) is 0 Å². The zero-order chi connectivity index (χ0) is 17.2. The van der Waals surface area contributed by atoms with Gasteiger partial charge in [-0.2, -0.15) is 8.78 Å². The van der Waals surface area contributed by atoms with Gasteiger partial charge < -0.3 is 19.8 Å². The fourth-order valence-corrected chi connectivity index (χ4v) is 2.82. The summed E-state index contributed by atoms with van der Waals surface area (Å²) in [4.78, 5) is 27.5. The highest BCUT2D eigenvalue weighted by Gasteiger charge is 2.43. The van der Waals surface area contributed by atoms with Crippen LogP contribution >= 0.6 is 0 Å². The number of carbonyl (C=O) groups is 2. The smallest absolute Gasteiger partial charge is 0.324 e. The van der Waals surface area contributed by atoms with Gasteiger partial charge in [0.2, 0.25) is 0 Å². The van der Waals surface area contributed by atoms with E-state index in [0.29, 0.717) is 19.1 Å². The minimum absolute atomic E-state index is 0.0696. The average Bonchev–Trinajstić information content (AvgIpc) is 3.07. The molecule has 0 aliphatic carbocycles. The maximum atomic E-state index is 13.1. The molecule has 0 aromatic carbocycles. The van der Waals surface area contributed by atoms with E-state index in [9.17, 15) is 18.4 Å². The molecule has 2 saturated heterocycles. The predicted octanol–water partition coefficient (Wildman–Crippen LogP) is 1.21. The zero-order valence-electron chi connectivity index (χ0n) is 13.0. The molecular weight excluding hydrogens is 324 g/mol. The predicted molar refractivity (Wildman–Crippen MR) is 77.7 cm³/mol. The number of oxazole rings is 1. The molecule has 24 heavy (non-hydrogen) atoms. The van der Waals surface area contributed by atoms with Crippen molar-refractivity contribution in [2.24, 2.45) is 0 Å². The van der Waals surface area contributed by atoms with Gasteiger partial charge in [-0.1, -0.05) is 0 Å². The molecule has 2 aliphatic heterocycles. The quantitative estimate of drug-likeness (QED) is 0.857. The SMILES string of the molecule is O=C(NCC1CCC(F)(F)C(=O)N1)c1coc(C2CCOCC2)n1. The van der Waals surface area contributed by atoms with Gasteiger partial charge in [-0.05, 0) is 19.3 Å². The molecule has 7 nitrogen and oxygen atoms in total. The number of ether oxygens (including phenoxy) is 1. The van der Waals surface area contributed by atoms with Gasteiger partial charge in [0.15, 0.2) is 11.6 Å². The van der Waals surface area contributed by atoms with Crippen molar-refractivity contribution in [3.05, 3.63) is 17.8 Å². The number of nitrogens with one attached hydrogen (secondary N) is 2.